The lowest BCUT2D eigenvalue weighted by Crippen LogP contribution is -2.14. The van der Waals surface area contributed by atoms with Crippen LogP contribution in [0.1, 0.15) is 75.9 Å². The monoisotopic (exact) mass is 413 g/mol. The van der Waals surface area contributed by atoms with Gasteiger partial charge in [-0.15, -0.1) is 11.3 Å². The predicted molar refractivity (Wildman–Crippen MR) is 115 cm³/mol. The van der Waals surface area contributed by atoms with Gasteiger partial charge in [-0.2, -0.15) is 0 Å². The van der Waals surface area contributed by atoms with E-state index < -0.39 is 5.97 Å². The highest BCUT2D eigenvalue weighted by atomic mass is 32.1. The quantitative estimate of drug-likeness (QED) is 0.349. The van der Waals surface area contributed by atoms with E-state index in [1.807, 2.05) is 6.07 Å². The molecule has 1 aliphatic carbocycles. The van der Waals surface area contributed by atoms with Crippen LogP contribution in [0.2, 0.25) is 0 Å². The van der Waals surface area contributed by atoms with E-state index in [1.165, 1.54) is 21.8 Å². The van der Waals surface area contributed by atoms with E-state index in [9.17, 15) is 14.4 Å². The molecule has 1 amide bonds. The summed E-state index contributed by atoms with van der Waals surface area (Å²) < 4.78 is 5.22. The Labute approximate surface area is 175 Å². The molecule has 154 valence electrons. The average molecular weight is 414 g/mol. The van der Waals surface area contributed by atoms with Gasteiger partial charge in [-0.3, -0.25) is 9.59 Å². The summed E-state index contributed by atoms with van der Waals surface area (Å²) >= 11 is 1.48. The molecule has 6 heteroatoms. The minimum atomic E-state index is -0.436. The molecule has 0 atom stereocenters. The van der Waals surface area contributed by atoms with Crippen LogP contribution in [0.5, 0.6) is 0 Å². The number of hydrogen-bond donors (Lipinski definition) is 1. The SMILES string of the molecule is CCCCCC(=O)Nc1ccc(C(=O)COC(=O)c2cc3c(s2)CCCC3)cc1. The fourth-order valence-electron chi connectivity index (χ4n) is 3.38. The van der Waals surface area contributed by atoms with Gasteiger partial charge in [-0.1, -0.05) is 19.8 Å². The van der Waals surface area contributed by atoms with Crippen molar-refractivity contribution in [2.45, 2.75) is 58.3 Å². The third-order valence-electron chi connectivity index (χ3n) is 5.03. The first-order chi connectivity index (χ1) is 14.1. The Bertz CT molecular complexity index is 846. The molecule has 0 saturated carbocycles. The predicted octanol–water partition coefficient (Wildman–Crippen LogP) is 5.19. The van der Waals surface area contributed by atoms with Crippen molar-refractivity contribution in [3.8, 4) is 0 Å². The maximum atomic E-state index is 12.3. The molecule has 0 saturated heterocycles. The lowest BCUT2D eigenvalue weighted by molar-refractivity contribution is -0.116. The highest BCUT2D eigenvalue weighted by molar-refractivity contribution is 7.14. The number of thiophene rings is 1. The van der Waals surface area contributed by atoms with Gasteiger partial charge < -0.3 is 10.1 Å². The van der Waals surface area contributed by atoms with Crippen molar-refractivity contribution >= 4 is 34.7 Å². The standard InChI is InChI=1S/C23H27NO4S/c1-2-3-4-9-22(26)24-18-12-10-16(11-13-18)19(25)15-28-23(27)21-14-17-7-5-6-8-20(17)29-21/h10-14H,2-9,15H2,1H3,(H,24,26). The van der Waals surface area contributed by atoms with Crippen molar-refractivity contribution in [3.05, 3.63) is 51.2 Å². The van der Waals surface area contributed by atoms with Crippen molar-refractivity contribution in [2.75, 3.05) is 11.9 Å². The second-order valence-electron chi connectivity index (χ2n) is 7.35. The van der Waals surface area contributed by atoms with E-state index in [1.54, 1.807) is 24.3 Å². The molecular formula is C23H27NO4S. The highest BCUT2D eigenvalue weighted by Gasteiger charge is 2.19. The topological polar surface area (TPSA) is 72.5 Å². The van der Waals surface area contributed by atoms with Crippen molar-refractivity contribution < 1.29 is 19.1 Å². The van der Waals surface area contributed by atoms with Crippen LogP contribution < -0.4 is 5.32 Å². The number of unbranched alkanes of at least 4 members (excludes halogenated alkanes) is 2. The number of hydrogen-bond acceptors (Lipinski definition) is 5. The Kier molecular flexibility index (Phi) is 7.58. The molecule has 0 aliphatic heterocycles. The van der Waals surface area contributed by atoms with Gasteiger partial charge in [-0.25, -0.2) is 4.79 Å². The number of ketones is 1. The first-order valence-electron chi connectivity index (χ1n) is 10.3. The number of fused-ring (bicyclic) bond motifs is 1. The fraction of sp³-hybridized carbons (Fsp3) is 0.435. The smallest absolute Gasteiger partial charge is 0.348 e. The number of benzene rings is 1. The molecule has 0 fully saturated rings. The number of Topliss-reactive ketones (excluding diaryl/α,β-unsaturated/α-hetero) is 1. The Morgan fingerprint density at radius 1 is 1.07 bits per heavy atom. The van der Waals surface area contributed by atoms with Crippen molar-refractivity contribution in [1.29, 1.82) is 0 Å². The number of nitrogens with one attached hydrogen (secondary N) is 1. The molecule has 2 aromatic rings. The molecule has 1 N–H and O–H groups in total. The summed E-state index contributed by atoms with van der Waals surface area (Å²) in [4.78, 5) is 38.3. The summed E-state index contributed by atoms with van der Waals surface area (Å²) in [5.41, 5.74) is 2.35. The zero-order valence-electron chi connectivity index (χ0n) is 16.8. The summed E-state index contributed by atoms with van der Waals surface area (Å²) in [7, 11) is 0. The molecule has 5 nitrogen and oxygen atoms in total. The molecule has 1 aromatic carbocycles. The molecule has 1 aromatic heterocycles. The second kappa shape index (κ2) is 10.3. The van der Waals surface area contributed by atoms with Crippen LogP contribution in [0.4, 0.5) is 5.69 Å². The number of carbonyl (C=O) groups excluding carboxylic acids is 3. The van der Waals surface area contributed by atoms with Crippen LogP contribution in [0.3, 0.4) is 0 Å². The van der Waals surface area contributed by atoms with Gasteiger partial charge in [0.2, 0.25) is 5.91 Å². The van der Waals surface area contributed by atoms with Crippen molar-refractivity contribution in [2.24, 2.45) is 0 Å². The summed E-state index contributed by atoms with van der Waals surface area (Å²) in [6.45, 7) is 1.81. The third kappa shape index (κ3) is 6.00. The van der Waals surface area contributed by atoms with E-state index in [0.717, 1.165) is 44.9 Å². The number of esters is 1. The Morgan fingerprint density at radius 2 is 1.83 bits per heavy atom. The normalized spacial score (nSPS) is 12.9. The Balaban J connectivity index is 1.48. The van der Waals surface area contributed by atoms with Gasteiger partial charge in [0, 0.05) is 22.5 Å². The van der Waals surface area contributed by atoms with Crippen LogP contribution in [0.15, 0.2) is 30.3 Å². The number of amides is 1. The molecule has 0 bridgehead atoms. The Morgan fingerprint density at radius 3 is 2.55 bits per heavy atom. The van der Waals surface area contributed by atoms with Gasteiger partial charge in [0.15, 0.2) is 12.4 Å². The minimum absolute atomic E-state index is 0.0231. The van der Waals surface area contributed by atoms with Gasteiger partial charge in [0.05, 0.1) is 0 Å². The first kappa shape index (κ1) is 21.2. The highest BCUT2D eigenvalue weighted by Crippen LogP contribution is 2.30. The van der Waals surface area contributed by atoms with E-state index >= 15 is 0 Å². The second-order valence-corrected chi connectivity index (χ2v) is 8.48. The van der Waals surface area contributed by atoms with Crippen LogP contribution in [0, 0.1) is 0 Å². The lowest BCUT2D eigenvalue weighted by Gasteiger charge is -2.08. The molecule has 1 aliphatic rings. The molecule has 0 radical (unpaired) electrons. The first-order valence-corrected chi connectivity index (χ1v) is 11.1. The number of anilines is 1. The summed E-state index contributed by atoms with van der Waals surface area (Å²) in [5, 5.41) is 2.83. The molecule has 29 heavy (non-hydrogen) atoms. The number of rotatable bonds is 9. The van der Waals surface area contributed by atoms with Crippen LogP contribution in [0.25, 0.3) is 0 Å². The zero-order chi connectivity index (χ0) is 20.6. The van der Waals surface area contributed by atoms with Crippen molar-refractivity contribution in [1.82, 2.24) is 0 Å². The van der Waals surface area contributed by atoms with E-state index in [0.29, 0.717) is 22.5 Å². The van der Waals surface area contributed by atoms with E-state index in [4.69, 9.17) is 4.74 Å². The van der Waals surface area contributed by atoms with E-state index in [2.05, 4.69) is 12.2 Å². The van der Waals surface area contributed by atoms with Gasteiger partial charge in [0.25, 0.3) is 0 Å². The van der Waals surface area contributed by atoms with Crippen LogP contribution in [-0.4, -0.2) is 24.3 Å². The molecule has 0 unspecified atom stereocenters. The average Bonchev–Trinajstić information content (AvgIpc) is 3.17. The number of ether oxygens (including phenoxy) is 1. The van der Waals surface area contributed by atoms with Gasteiger partial charge >= 0.3 is 5.97 Å². The fourth-order valence-corrected chi connectivity index (χ4v) is 4.52. The molecule has 1 heterocycles. The summed E-state index contributed by atoms with van der Waals surface area (Å²) in [5.74, 6) is -0.723. The third-order valence-corrected chi connectivity index (χ3v) is 6.25. The number of aryl methyl sites for hydroxylation is 2. The van der Waals surface area contributed by atoms with Crippen molar-refractivity contribution in [3.63, 3.8) is 0 Å². The maximum Gasteiger partial charge on any atom is 0.348 e. The summed E-state index contributed by atoms with van der Waals surface area (Å²) in [6.07, 6.45) is 7.83. The molecule has 3 rings (SSSR count). The van der Waals surface area contributed by atoms with Gasteiger partial charge in [0.1, 0.15) is 4.88 Å². The maximum absolute atomic E-state index is 12.3. The van der Waals surface area contributed by atoms with Gasteiger partial charge in [-0.05, 0) is 68.0 Å². The molecule has 0 spiro atoms. The molecular weight excluding hydrogens is 386 g/mol. The number of carbonyl (C=O) groups is 3. The summed E-state index contributed by atoms with van der Waals surface area (Å²) in [6, 6.07) is 8.58. The largest absolute Gasteiger partial charge is 0.453 e. The van der Waals surface area contributed by atoms with Crippen LogP contribution >= 0.6 is 11.3 Å². The van der Waals surface area contributed by atoms with E-state index in [-0.39, 0.29) is 18.3 Å². The van der Waals surface area contributed by atoms with Crippen LogP contribution in [-0.2, 0) is 22.4 Å². The lowest BCUT2D eigenvalue weighted by atomic mass is 9.99. The minimum Gasteiger partial charge on any atom is -0.453 e. The Hall–Kier alpha value is -2.47. The zero-order valence-corrected chi connectivity index (χ0v) is 17.6.